The number of ether oxygens (including phenoxy) is 1. The van der Waals surface area contributed by atoms with Gasteiger partial charge in [-0.1, -0.05) is 54.2 Å². The van der Waals surface area contributed by atoms with E-state index in [4.69, 9.17) is 14.9 Å². The zero-order valence-corrected chi connectivity index (χ0v) is 18.6. The first-order valence-electron chi connectivity index (χ1n) is 10.3. The molecular weight excluding hydrogens is 444 g/mol. The first-order chi connectivity index (χ1) is 15.9. The summed E-state index contributed by atoms with van der Waals surface area (Å²) in [6, 6.07) is 17.3. The maximum Gasteiger partial charge on any atom is 0.322 e. The predicted octanol–water partition coefficient (Wildman–Crippen LogP) is 2.44. The predicted molar refractivity (Wildman–Crippen MR) is 124 cm³/mol. The minimum absolute atomic E-state index is 0.153. The van der Waals surface area contributed by atoms with Gasteiger partial charge in [0.15, 0.2) is 5.17 Å². The Morgan fingerprint density at radius 2 is 1.91 bits per heavy atom. The number of carboxylic acid groups (broad SMARTS) is 1. The molecule has 9 nitrogen and oxygen atoms in total. The first-order valence-corrected chi connectivity index (χ1v) is 11.2. The molecule has 0 spiro atoms. The number of rotatable bonds is 7. The number of hydrazone groups is 1. The van der Waals surface area contributed by atoms with Crippen LogP contribution in [-0.2, 0) is 14.4 Å². The molecule has 10 heteroatoms. The second-order valence-electron chi connectivity index (χ2n) is 7.46. The molecule has 2 heterocycles. The van der Waals surface area contributed by atoms with Gasteiger partial charge in [-0.3, -0.25) is 14.4 Å². The summed E-state index contributed by atoms with van der Waals surface area (Å²) in [6.45, 7) is -0.492. The molecule has 2 N–H and O–H groups in total. The summed E-state index contributed by atoms with van der Waals surface area (Å²) < 4.78 is 5.26. The standard InChI is InChI=1S/C23H22N4O5S/c1-32-16-9-7-15(8-10-16)18-11-17(14-5-3-2-4-6-14)26-27(18)23-25-22(31)19(33-23)12-20(28)24-13-21(29)30/h2-10,18-19H,11-13H2,1H3,(H,24,28)(H,29,30)/t18-,19-/m1/s1. The number of carboxylic acids is 1. The van der Waals surface area contributed by atoms with Crippen LogP contribution >= 0.6 is 11.8 Å². The van der Waals surface area contributed by atoms with Gasteiger partial charge in [0, 0.05) is 12.8 Å². The maximum absolute atomic E-state index is 12.5. The van der Waals surface area contributed by atoms with E-state index in [9.17, 15) is 14.4 Å². The molecule has 0 radical (unpaired) electrons. The van der Waals surface area contributed by atoms with Crippen LogP contribution in [0.4, 0.5) is 0 Å². The van der Waals surface area contributed by atoms with Gasteiger partial charge >= 0.3 is 5.97 Å². The summed E-state index contributed by atoms with van der Waals surface area (Å²) >= 11 is 1.17. The molecule has 2 aliphatic heterocycles. The van der Waals surface area contributed by atoms with E-state index < -0.39 is 29.6 Å². The van der Waals surface area contributed by atoms with Crippen molar-refractivity contribution in [3.8, 4) is 5.75 Å². The minimum Gasteiger partial charge on any atom is -0.497 e. The molecule has 2 aliphatic rings. The van der Waals surface area contributed by atoms with Gasteiger partial charge in [-0.25, -0.2) is 5.01 Å². The Morgan fingerprint density at radius 1 is 1.18 bits per heavy atom. The van der Waals surface area contributed by atoms with Crippen LogP contribution in [0.3, 0.4) is 0 Å². The Bertz CT molecular complexity index is 1120. The number of hydrogen-bond acceptors (Lipinski definition) is 7. The van der Waals surface area contributed by atoms with E-state index in [2.05, 4.69) is 10.3 Å². The van der Waals surface area contributed by atoms with Crippen molar-refractivity contribution in [2.45, 2.75) is 24.1 Å². The third-order valence-corrected chi connectivity index (χ3v) is 6.39. The zero-order chi connectivity index (χ0) is 23.4. The molecule has 33 heavy (non-hydrogen) atoms. The Balaban J connectivity index is 1.56. The van der Waals surface area contributed by atoms with Gasteiger partial charge in [-0.2, -0.15) is 10.1 Å². The summed E-state index contributed by atoms with van der Waals surface area (Å²) in [5.41, 5.74) is 2.84. The molecule has 0 saturated carbocycles. The molecule has 0 aliphatic carbocycles. The van der Waals surface area contributed by atoms with Gasteiger partial charge in [0.05, 0.1) is 18.9 Å². The van der Waals surface area contributed by atoms with Crippen molar-refractivity contribution in [2.24, 2.45) is 10.1 Å². The van der Waals surface area contributed by atoms with Crippen LogP contribution in [0.2, 0.25) is 0 Å². The highest BCUT2D eigenvalue weighted by atomic mass is 32.2. The number of nitrogens with zero attached hydrogens (tertiary/aromatic N) is 3. The number of hydrogen-bond donors (Lipinski definition) is 2. The number of carbonyl (C=O) groups excluding carboxylic acids is 2. The van der Waals surface area contributed by atoms with Crippen LogP contribution in [-0.4, -0.2) is 57.7 Å². The van der Waals surface area contributed by atoms with Crippen molar-refractivity contribution in [3.63, 3.8) is 0 Å². The number of carbonyl (C=O) groups is 3. The third-order valence-electron chi connectivity index (χ3n) is 5.25. The third kappa shape index (κ3) is 5.23. The average Bonchev–Trinajstić information content (AvgIpc) is 3.42. The number of methoxy groups -OCH3 is 1. The van der Waals surface area contributed by atoms with Gasteiger partial charge < -0.3 is 15.2 Å². The van der Waals surface area contributed by atoms with Crippen molar-refractivity contribution in [1.29, 1.82) is 0 Å². The fourth-order valence-corrected chi connectivity index (χ4v) is 4.66. The van der Waals surface area contributed by atoms with Crippen molar-refractivity contribution < 1.29 is 24.2 Å². The number of nitrogens with one attached hydrogen (secondary N) is 1. The molecule has 0 unspecified atom stereocenters. The van der Waals surface area contributed by atoms with Crippen molar-refractivity contribution in [1.82, 2.24) is 10.3 Å². The lowest BCUT2D eigenvalue weighted by molar-refractivity contribution is -0.137. The van der Waals surface area contributed by atoms with E-state index >= 15 is 0 Å². The number of aliphatic imine (C=N–C) groups is 1. The zero-order valence-electron chi connectivity index (χ0n) is 17.8. The quantitative estimate of drug-likeness (QED) is 0.643. The molecule has 0 fully saturated rings. The van der Waals surface area contributed by atoms with Crippen LogP contribution in [0.15, 0.2) is 64.7 Å². The summed E-state index contributed by atoms with van der Waals surface area (Å²) in [5.74, 6) is -1.35. The molecule has 170 valence electrons. The van der Waals surface area contributed by atoms with Gasteiger partial charge in [0.25, 0.3) is 5.91 Å². The van der Waals surface area contributed by atoms with E-state index in [0.29, 0.717) is 11.6 Å². The van der Waals surface area contributed by atoms with Gasteiger partial charge in [-0.05, 0) is 23.3 Å². The fraction of sp³-hybridized carbons (Fsp3) is 0.261. The van der Waals surface area contributed by atoms with E-state index in [0.717, 1.165) is 22.6 Å². The van der Waals surface area contributed by atoms with Crippen molar-refractivity contribution in [3.05, 3.63) is 65.7 Å². The van der Waals surface area contributed by atoms with Crippen LogP contribution in [0.1, 0.15) is 30.0 Å². The molecule has 4 rings (SSSR count). The summed E-state index contributed by atoms with van der Waals surface area (Å²) in [5, 5.41) is 17.2. The van der Waals surface area contributed by atoms with Crippen LogP contribution in [0.25, 0.3) is 0 Å². The summed E-state index contributed by atoms with van der Waals surface area (Å²) in [4.78, 5) is 39.3. The second kappa shape index (κ2) is 9.86. The lowest BCUT2D eigenvalue weighted by Gasteiger charge is -2.23. The van der Waals surface area contributed by atoms with Gasteiger partial charge in [0.2, 0.25) is 5.91 Å². The second-order valence-corrected chi connectivity index (χ2v) is 8.63. The van der Waals surface area contributed by atoms with E-state index in [1.165, 1.54) is 11.8 Å². The number of benzene rings is 2. The van der Waals surface area contributed by atoms with E-state index in [1.54, 1.807) is 12.1 Å². The van der Waals surface area contributed by atoms with Crippen LogP contribution < -0.4 is 10.1 Å². The highest BCUT2D eigenvalue weighted by molar-refractivity contribution is 8.15. The first kappa shape index (κ1) is 22.5. The smallest absolute Gasteiger partial charge is 0.322 e. The topological polar surface area (TPSA) is 121 Å². The number of amides is 2. The number of aliphatic carboxylic acids is 1. The normalized spacial score (nSPS) is 19.8. The van der Waals surface area contributed by atoms with Crippen LogP contribution in [0.5, 0.6) is 5.75 Å². The molecule has 2 aromatic carbocycles. The summed E-state index contributed by atoms with van der Waals surface area (Å²) in [6.07, 6.45) is 0.466. The lowest BCUT2D eigenvalue weighted by atomic mass is 9.98. The molecule has 2 atom stereocenters. The molecular formula is C23H22N4O5S. The van der Waals surface area contributed by atoms with Gasteiger partial charge in [-0.15, -0.1) is 0 Å². The Kier molecular flexibility index (Phi) is 6.74. The Morgan fingerprint density at radius 3 is 2.58 bits per heavy atom. The van der Waals surface area contributed by atoms with Crippen LogP contribution in [0, 0.1) is 0 Å². The fourth-order valence-electron chi connectivity index (χ4n) is 3.60. The maximum atomic E-state index is 12.5. The molecule has 2 aromatic rings. The SMILES string of the molecule is COc1ccc([C@H]2CC(c3ccccc3)=NN2C2=NC(=O)[C@@H](CC(=O)NCC(=O)O)S2)cc1. The average molecular weight is 467 g/mol. The number of thioether (sulfide) groups is 1. The monoisotopic (exact) mass is 466 g/mol. The van der Waals surface area contributed by atoms with Gasteiger partial charge in [0.1, 0.15) is 17.5 Å². The number of amidine groups is 1. The molecule has 2 amide bonds. The molecule has 0 aromatic heterocycles. The van der Waals surface area contributed by atoms with E-state index in [-0.39, 0.29) is 12.5 Å². The molecule has 0 saturated heterocycles. The minimum atomic E-state index is -1.15. The largest absolute Gasteiger partial charge is 0.497 e. The summed E-state index contributed by atoms with van der Waals surface area (Å²) in [7, 11) is 1.61. The highest BCUT2D eigenvalue weighted by Gasteiger charge is 2.39. The highest BCUT2D eigenvalue weighted by Crippen LogP contribution is 2.38. The van der Waals surface area contributed by atoms with Crippen molar-refractivity contribution in [2.75, 3.05) is 13.7 Å². The Hall–Kier alpha value is -3.66. The van der Waals surface area contributed by atoms with E-state index in [1.807, 2.05) is 54.6 Å². The lowest BCUT2D eigenvalue weighted by Crippen LogP contribution is -2.32. The molecule has 0 bridgehead atoms. The van der Waals surface area contributed by atoms with Crippen molar-refractivity contribution >= 4 is 40.4 Å². The Labute approximate surface area is 194 Å².